The van der Waals surface area contributed by atoms with Gasteiger partial charge in [0.25, 0.3) is 6.10 Å². The van der Waals surface area contributed by atoms with Crippen molar-refractivity contribution in [2.75, 3.05) is 0 Å². The van der Waals surface area contributed by atoms with Crippen LogP contribution in [0.2, 0.25) is 0 Å². The molecule has 0 radical (unpaired) electrons. The molecule has 0 saturated heterocycles. The van der Waals surface area contributed by atoms with Gasteiger partial charge in [0.2, 0.25) is 0 Å². The molecule has 0 bridgehead atoms. The van der Waals surface area contributed by atoms with Gasteiger partial charge in [0.15, 0.2) is 0 Å². The lowest BCUT2D eigenvalue weighted by Crippen LogP contribution is -2.46. The summed E-state index contributed by atoms with van der Waals surface area (Å²) < 4.78 is 79.2. The molecular formula is C11H10BrF6NO. The molecule has 114 valence electrons. The van der Waals surface area contributed by atoms with Crippen molar-refractivity contribution < 1.29 is 31.1 Å². The van der Waals surface area contributed by atoms with E-state index < -0.39 is 30.2 Å². The van der Waals surface area contributed by atoms with Gasteiger partial charge < -0.3 is 10.5 Å². The van der Waals surface area contributed by atoms with E-state index in [1.54, 1.807) is 0 Å². The van der Waals surface area contributed by atoms with Crippen LogP contribution in [-0.4, -0.2) is 18.5 Å². The Bertz CT molecular complexity index is 457. The standard InChI is InChI=1S/C11H10BrF6NO/c1-5(19)7-4-6(12)2-3-8(7)20-9(10(13,14)15)11(16,17)18/h2-5,9H,19H2,1H3. The molecule has 0 aliphatic carbocycles. The van der Waals surface area contributed by atoms with Gasteiger partial charge in [-0.15, -0.1) is 0 Å². The molecule has 2 nitrogen and oxygen atoms in total. The zero-order valence-corrected chi connectivity index (χ0v) is 11.6. The van der Waals surface area contributed by atoms with E-state index in [4.69, 9.17) is 5.73 Å². The first kappa shape index (κ1) is 17.1. The van der Waals surface area contributed by atoms with E-state index in [0.717, 1.165) is 6.07 Å². The van der Waals surface area contributed by atoms with Crippen molar-refractivity contribution in [1.29, 1.82) is 0 Å². The number of hydrogen-bond donors (Lipinski definition) is 1. The molecule has 2 N–H and O–H groups in total. The summed E-state index contributed by atoms with van der Waals surface area (Å²) in [6, 6.07) is 2.80. The van der Waals surface area contributed by atoms with Crippen LogP contribution >= 0.6 is 15.9 Å². The fraction of sp³-hybridized carbons (Fsp3) is 0.455. The molecule has 0 aliphatic rings. The molecule has 1 aromatic rings. The fourth-order valence-corrected chi connectivity index (χ4v) is 1.81. The molecule has 20 heavy (non-hydrogen) atoms. The summed E-state index contributed by atoms with van der Waals surface area (Å²) in [5.74, 6) is -0.553. The lowest BCUT2D eigenvalue weighted by atomic mass is 10.1. The van der Waals surface area contributed by atoms with E-state index in [-0.39, 0.29) is 5.56 Å². The van der Waals surface area contributed by atoms with Crippen molar-refractivity contribution in [2.24, 2.45) is 5.73 Å². The van der Waals surface area contributed by atoms with Gasteiger partial charge in [-0.25, -0.2) is 0 Å². The third-order valence-electron chi connectivity index (χ3n) is 2.30. The average molecular weight is 366 g/mol. The highest BCUT2D eigenvalue weighted by molar-refractivity contribution is 9.10. The minimum Gasteiger partial charge on any atom is -0.471 e. The molecule has 1 atom stereocenters. The second-order valence-corrected chi connectivity index (χ2v) is 4.97. The van der Waals surface area contributed by atoms with E-state index >= 15 is 0 Å². The van der Waals surface area contributed by atoms with Crippen LogP contribution in [0.5, 0.6) is 5.75 Å². The second-order valence-electron chi connectivity index (χ2n) is 4.05. The van der Waals surface area contributed by atoms with Crippen molar-refractivity contribution in [3.63, 3.8) is 0 Å². The largest absolute Gasteiger partial charge is 0.471 e. The molecule has 1 aromatic carbocycles. The van der Waals surface area contributed by atoms with E-state index in [1.165, 1.54) is 19.1 Å². The zero-order chi connectivity index (χ0) is 15.7. The Kier molecular flexibility index (Phi) is 4.96. The molecular weight excluding hydrogens is 356 g/mol. The molecule has 0 heterocycles. The highest BCUT2D eigenvalue weighted by Crippen LogP contribution is 2.38. The number of rotatable bonds is 3. The lowest BCUT2D eigenvalue weighted by molar-refractivity contribution is -0.300. The van der Waals surface area contributed by atoms with Gasteiger partial charge in [-0.3, -0.25) is 0 Å². The van der Waals surface area contributed by atoms with Gasteiger partial charge in [-0.2, -0.15) is 26.3 Å². The Balaban J connectivity index is 3.19. The minimum atomic E-state index is -5.57. The predicted octanol–water partition coefficient (Wildman–Crippen LogP) is 4.34. The number of nitrogens with two attached hydrogens (primary N) is 1. The normalized spacial score (nSPS) is 14.5. The third kappa shape index (κ3) is 4.27. The molecule has 1 unspecified atom stereocenters. The Morgan fingerprint density at radius 1 is 1.10 bits per heavy atom. The SMILES string of the molecule is CC(N)c1cc(Br)ccc1OC(C(F)(F)F)C(F)(F)F. The van der Waals surface area contributed by atoms with Crippen molar-refractivity contribution in [2.45, 2.75) is 31.4 Å². The number of hydrogen-bond acceptors (Lipinski definition) is 2. The van der Waals surface area contributed by atoms with Gasteiger partial charge in [-0.1, -0.05) is 15.9 Å². The monoisotopic (exact) mass is 365 g/mol. The van der Waals surface area contributed by atoms with E-state index in [9.17, 15) is 26.3 Å². The van der Waals surface area contributed by atoms with Crippen molar-refractivity contribution in [1.82, 2.24) is 0 Å². The van der Waals surface area contributed by atoms with Gasteiger partial charge >= 0.3 is 12.4 Å². The first-order valence-corrected chi connectivity index (χ1v) is 6.07. The molecule has 0 aromatic heterocycles. The van der Waals surface area contributed by atoms with Crippen molar-refractivity contribution in [3.8, 4) is 5.75 Å². The van der Waals surface area contributed by atoms with Crippen LogP contribution in [0.4, 0.5) is 26.3 Å². The maximum absolute atomic E-state index is 12.4. The topological polar surface area (TPSA) is 35.2 Å². The highest BCUT2D eigenvalue weighted by Gasteiger charge is 2.59. The quantitative estimate of drug-likeness (QED) is 0.808. The predicted molar refractivity (Wildman–Crippen MR) is 63.3 cm³/mol. The van der Waals surface area contributed by atoms with Crippen LogP contribution < -0.4 is 10.5 Å². The van der Waals surface area contributed by atoms with Gasteiger partial charge in [0, 0.05) is 16.1 Å². The van der Waals surface area contributed by atoms with E-state index in [1.807, 2.05) is 0 Å². The average Bonchev–Trinajstić information content (AvgIpc) is 2.23. The first-order chi connectivity index (χ1) is 8.93. The van der Waals surface area contributed by atoms with Crippen LogP contribution in [0.25, 0.3) is 0 Å². The van der Waals surface area contributed by atoms with Crippen LogP contribution in [0.1, 0.15) is 18.5 Å². The number of ether oxygens (including phenoxy) is 1. The molecule has 0 amide bonds. The first-order valence-electron chi connectivity index (χ1n) is 5.28. The minimum absolute atomic E-state index is 0.0397. The van der Waals surface area contributed by atoms with E-state index in [0.29, 0.717) is 4.47 Å². The van der Waals surface area contributed by atoms with Crippen molar-refractivity contribution >= 4 is 15.9 Å². The van der Waals surface area contributed by atoms with Crippen LogP contribution in [0.15, 0.2) is 22.7 Å². The number of alkyl halides is 6. The van der Waals surface area contributed by atoms with Gasteiger partial charge in [0.1, 0.15) is 5.75 Å². The number of halogens is 7. The molecule has 0 spiro atoms. The van der Waals surface area contributed by atoms with Crippen LogP contribution in [0.3, 0.4) is 0 Å². The summed E-state index contributed by atoms with van der Waals surface area (Å²) in [5, 5.41) is 0. The molecule has 1 rings (SSSR count). The molecule has 0 aliphatic heterocycles. The lowest BCUT2D eigenvalue weighted by Gasteiger charge is -2.25. The Morgan fingerprint density at radius 2 is 1.60 bits per heavy atom. The smallest absolute Gasteiger partial charge is 0.434 e. The second kappa shape index (κ2) is 5.80. The Morgan fingerprint density at radius 3 is 2.00 bits per heavy atom. The molecule has 0 saturated carbocycles. The summed E-state index contributed by atoms with van der Waals surface area (Å²) >= 11 is 3.05. The van der Waals surface area contributed by atoms with Gasteiger partial charge in [0.05, 0.1) is 0 Å². The number of benzene rings is 1. The highest BCUT2D eigenvalue weighted by atomic mass is 79.9. The fourth-order valence-electron chi connectivity index (χ4n) is 1.43. The zero-order valence-electron chi connectivity index (χ0n) is 10.0. The van der Waals surface area contributed by atoms with Crippen LogP contribution in [0, 0.1) is 0 Å². The maximum atomic E-state index is 12.4. The summed E-state index contributed by atoms with van der Waals surface area (Å²) in [4.78, 5) is 0. The molecule has 9 heteroatoms. The Hall–Kier alpha value is -0.960. The van der Waals surface area contributed by atoms with Crippen LogP contribution in [-0.2, 0) is 0 Å². The maximum Gasteiger partial charge on any atom is 0.434 e. The summed E-state index contributed by atoms with van der Waals surface area (Å²) in [7, 11) is 0. The van der Waals surface area contributed by atoms with Crippen molar-refractivity contribution in [3.05, 3.63) is 28.2 Å². The molecule has 0 fully saturated rings. The summed E-state index contributed by atoms with van der Waals surface area (Å²) in [6.07, 6.45) is -15.0. The van der Waals surface area contributed by atoms with Gasteiger partial charge in [-0.05, 0) is 25.1 Å². The summed E-state index contributed by atoms with van der Waals surface area (Å²) in [5.41, 5.74) is 5.55. The Labute approximate surface area is 119 Å². The third-order valence-corrected chi connectivity index (χ3v) is 2.80. The van der Waals surface area contributed by atoms with E-state index in [2.05, 4.69) is 20.7 Å². The summed E-state index contributed by atoms with van der Waals surface area (Å²) in [6.45, 7) is 1.42.